The van der Waals surface area contributed by atoms with Gasteiger partial charge in [-0.05, 0) is 57.6 Å². The van der Waals surface area contributed by atoms with Crippen LogP contribution in [0.4, 0.5) is 10.1 Å². The van der Waals surface area contributed by atoms with E-state index in [1.807, 2.05) is 0 Å². The van der Waals surface area contributed by atoms with E-state index in [9.17, 15) is 17.6 Å². The summed E-state index contributed by atoms with van der Waals surface area (Å²) in [5.41, 5.74) is 0.0542. The normalized spacial score (nSPS) is 20.0. The van der Waals surface area contributed by atoms with Gasteiger partial charge < -0.3 is 14.8 Å². The Morgan fingerprint density at radius 1 is 1.28 bits per heavy atom. The van der Waals surface area contributed by atoms with Crippen LogP contribution in [0.25, 0.3) is 0 Å². The average Bonchev–Trinajstić information content (AvgIpc) is 2.85. The third kappa shape index (κ3) is 6.01. The number of aromatic nitrogens is 2. The van der Waals surface area contributed by atoms with E-state index >= 15 is 0 Å². The zero-order valence-electron chi connectivity index (χ0n) is 20.5. The van der Waals surface area contributed by atoms with Crippen molar-refractivity contribution in [2.75, 3.05) is 38.2 Å². The second kappa shape index (κ2) is 11.5. The molecular weight excluding hydrogens is 511 g/mol. The van der Waals surface area contributed by atoms with E-state index in [1.165, 1.54) is 27.3 Å². The van der Waals surface area contributed by atoms with E-state index in [4.69, 9.17) is 21.1 Å². The van der Waals surface area contributed by atoms with Gasteiger partial charge in [0.05, 0.1) is 30.6 Å². The lowest BCUT2D eigenvalue weighted by molar-refractivity contribution is 0.0595. The molecule has 0 aliphatic carbocycles. The maximum Gasteiger partial charge on any atom is 0.287 e. The van der Waals surface area contributed by atoms with Gasteiger partial charge in [-0.1, -0.05) is 11.6 Å². The molecule has 9 nitrogen and oxygen atoms in total. The predicted molar refractivity (Wildman–Crippen MR) is 135 cm³/mol. The Morgan fingerprint density at radius 3 is 2.67 bits per heavy atom. The van der Waals surface area contributed by atoms with Crippen LogP contribution in [0.2, 0.25) is 5.02 Å². The quantitative estimate of drug-likeness (QED) is 0.542. The molecule has 1 N–H and O–H groups in total. The van der Waals surface area contributed by atoms with Gasteiger partial charge in [-0.25, -0.2) is 17.5 Å². The number of nitrogens with zero attached hydrogens (tertiary/aromatic N) is 3. The summed E-state index contributed by atoms with van der Waals surface area (Å²) in [5, 5.41) is 7.56. The highest BCUT2D eigenvalue weighted by Crippen LogP contribution is 2.29. The molecule has 0 bridgehead atoms. The van der Waals surface area contributed by atoms with Gasteiger partial charge >= 0.3 is 0 Å². The van der Waals surface area contributed by atoms with Crippen LogP contribution in [0.15, 0.2) is 34.1 Å². The highest BCUT2D eigenvalue weighted by Gasteiger charge is 2.33. The first-order chi connectivity index (χ1) is 17.2. The first-order valence-electron chi connectivity index (χ1n) is 12.2. The molecule has 2 saturated heterocycles. The van der Waals surface area contributed by atoms with Gasteiger partial charge in [-0.15, -0.1) is 0 Å². The first-order valence-corrected chi connectivity index (χ1v) is 14.0. The number of hydrogen-bond acceptors (Lipinski definition) is 7. The van der Waals surface area contributed by atoms with E-state index < -0.39 is 26.3 Å². The van der Waals surface area contributed by atoms with Crippen molar-refractivity contribution in [2.24, 2.45) is 5.92 Å². The Kier molecular flexibility index (Phi) is 8.54. The monoisotopic (exact) mass is 542 g/mol. The molecule has 12 heteroatoms. The van der Waals surface area contributed by atoms with E-state index in [-0.39, 0.29) is 36.0 Å². The van der Waals surface area contributed by atoms with Crippen LogP contribution in [0, 0.1) is 11.7 Å². The molecule has 2 aliphatic heterocycles. The summed E-state index contributed by atoms with van der Waals surface area (Å²) in [7, 11) is -4.04. The topological polar surface area (TPSA) is 103 Å². The van der Waals surface area contributed by atoms with Crippen molar-refractivity contribution in [1.29, 1.82) is 0 Å². The van der Waals surface area contributed by atoms with Crippen molar-refractivity contribution in [3.63, 3.8) is 0 Å². The van der Waals surface area contributed by atoms with Gasteiger partial charge in [0.25, 0.3) is 5.56 Å². The smallest absolute Gasteiger partial charge is 0.287 e. The lowest BCUT2D eigenvalue weighted by atomic mass is 10.0. The summed E-state index contributed by atoms with van der Waals surface area (Å²) in [5.74, 6) is -0.234. The molecular formula is C24H32ClFN4O5S. The maximum atomic E-state index is 14.6. The largest absolute Gasteiger partial charge is 0.491 e. The van der Waals surface area contributed by atoms with Crippen LogP contribution >= 0.6 is 11.6 Å². The fourth-order valence-electron chi connectivity index (χ4n) is 4.55. The highest BCUT2D eigenvalue weighted by atomic mass is 35.5. The third-order valence-electron chi connectivity index (χ3n) is 6.44. The van der Waals surface area contributed by atoms with Crippen molar-refractivity contribution in [3.8, 4) is 5.75 Å². The summed E-state index contributed by atoms with van der Waals surface area (Å²) >= 11 is 6.35. The molecule has 2 aliphatic rings. The van der Waals surface area contributed by atoms with Crippen LogP contribution in [0.1, 0.15) is 45.6 Å². The van der Waals surface area contributed by atoms with E-state index in [0.29, 0.717) is 37.6 Å². The van der Waals surface area contributed by atoms with Crippen molar-refractivity contribution in [1.82, 2.24) is 14.1 Å². The number of nitrogens with one attached hydrogen (secondary N) is 1. The van der Waals surface area contributed by atoms with Crippen LogP contribution in [-0.2, 0) is 14.8 Å². The lowest BCUT2D eigenvalue weighted by Gasteiger charge is -2.31. The minimum Gasteiger partial charge on any atom is -0.491 e. The molecule has 0 amide bonds. The zero-order chi connectivity index (χ0) is 25.9. The standard InChI is InChI=1S/C24H32ClFN4O5S/c1-16(2)35-19-5-6-22(20(26)12-19)36(32,33)29-9-7-18(8-10-29)30-24(31)23(25)21(14-28-30)27-13-17-4-3-11-34-15-17/h5-6,12,14,16-18,27H,3-4,7-11,13,15H2,1-2H3. The number of piperidine rings is 1. The van der Waals surface area contributed by atoms with Gasteiger partial charge in [0, 0.05) is 32.3 Å². The minimum atomic E-state index is -4.04. The molecule has 1 aromatic heterocycles. The number of hydrogen-bond donors (Lipinski definition) is 1. The third-order valence-corrected chi connectivity index (χ3v) is 8.74. The molecule has 198 valence electrons. The van der Waals surface area contributed by atoms with Crippen LogP contribution in [-0.4, -0.2) is 61.5 Å². The van der Waals surface area contributed by atoms with Gasteiger partial charge in [-0.2, -0.15) is 9.40 Å². The second-order valence-electron chi connectivity index (χ2n) is 9.48. The molecule has 4 rings (SSSR count). The van der Waals surface area contributed by atoms with Gasteiger partial charge in [0.2, 0.25) is 10.0 Å². The highest BCUT2D eigenvalue weighted by molar-refractivity contribution is 7.89. The number of rotatable bonds is 8. The summed E-state index contributed by atoms with van der Waals surface area (Å²) in [4.78, 5) is 12.5. The van der Waals surface area contributed by atoms with Crippen molar-refractivity contribution in [2.45, 2.75) is 56.6 Å². The molecule has 0 radical (unpaired) electrons. The van der Waals surface area contributed by atoms with Crippen molar-refractivity contribution < 1.29 is 22.3 Å². The SMILES string of the molecule is CC(C)Oc1ccc(S(=O)(=O)N2CCC(n3ncc(NCC4CCCOC4)c(Cl)c3=O)CC2)c(F)c1. The Hall–Kier alpha value is -2.21. The van der Waals surface area contributed by atoms with Crippen LogP contribution in [0.5, 0.6) is 5.75 Å². The number of halogens is 2. The second-order valence-corrected chi connectivity index (χ2v) is 11.8. The van der Waals surface area contributed by atoms with Crippen molar-refractivity contribution in [3.05, 3.63) is 45.6 Å². The van der Waals surface area contributed by atoms with E-state index in [2.05, 4.69) is 10.4 Å². The Balaban J connectivity index is 1.40. The van der Waals surface area contributed by atoms with Crippen LogP contribution in [0.3, 0.4) is 0 Å². The summed E-state index contributed by atoms with van der Waals surface area (Å²) in [6.45, 7) is 5.96. The number of anilines is 1. The van der Waals surface area contributed by atoms with Crippen LogP contribution < -0.4 is 15.6 Å². The average molecular weight is 543 g/mol. The summed E-state index contributed by atoms with van der Waals surface area (Å²) in [6.07, 6.45) is 4.14. The molecule has 2 aromatic rings. The van der Waals surface area contributed by atoms with E-state index in [1.54, 1.807) is 13.8 Å². The molecule has 2 fully saturated rings. The minimum absolute atomic E-state index is 0.0579. The molecule has 3 heterocycles. The lowest BCUT2D eigenvalue weighted by Crippen LogP contribution is -2.41. The predicted octanol–water partition coefficient (Wildman–Crippen LogP) is 3.69. The van der Waals surface area contributed by atoms with Crippen molar-refractivity contribution >= 4 is 27.3 Å². The van der Waals surface area contributed by atoms with E-state index in [0.717, 1.165) is 25.5 Å². The van der Waals surface area contributed by atoms with Gasteiger partial charge in [-0.3, -0.25) is 4.79 Å². The Labute approximate surface area is 215 Å². The number of ether oxygens (including phenoxy) is 2. The summed E-state index contributed by atoms with van der Waals surface area (Å²) < 4.78 is 54.3. The van der Waals surface area contributed by atoms with Gasteiger partial charge in [0.15, 0.2) is 0 Å². The fraction of sp³-hybridized carbons (Fsp3) is 0.583. The first kappa shape index (κ1) is 26.8. The molecule has 36 heavy (non-hydrogen) atoms. The Bertz CT molecular complexity index is 1230. The molecule has 1 aromatic carbocycles. The Morgan fingerprint density at radius 2 is 2.03 bits per heavy atom. The number of sulfonamides is 1. The molecule has 0 saturated carbocycles. The maximum absolute atomic E-state index is 14.6. The zero-order valence-corrected chi connectivity index (χ0v) is 22.0. The number of benzene rings is 1. The molecule has 1 unspecified atom stereocenters. The molecule has 1 atom stereocenters. The fourth-order valence-corrected chi connectivity index (χ4v) is 6.27. The van der Waals surface area contributed by atoms with Gasteiger partial charge in [0.1, 0.15) is 21.5 Å². The summed E-state index contributed by atoms with van der Waals surface area (Å²) in [6, 6.07) is 3.45. The molecule has 0 spiro atoms.